The average molecular weight is 321 g/mol. The summed E-state index contributed by atoms with van der Waals surface area (Å²) in [5.41, 5.74) is 2.38. The Kier molecular flexibility index (Phi) is 4.35. The number of piperidine rings is 3. The second-order valence-electron chi connectivity index (χ2n) is 6.85. The van der Waals surface area contributed by atoms with E-state index < -0.39 is 0 Å². The van der Waals surface area contributed by atoms with Crippen molar-refractivity contribution in [1.29, 1.82) is 0 Å². The second kappa shape index (κ2) is 6.78. The van der Waals surface area contributed by atoms with Gasteiger partial charge in [0.15, 0.2) is 5.78 Å². The summed E-state index contributed by atoms with van der Waals surface area (Å²) in [5, 5.41) is 0. The minimum atomic E-state index is 0.0913. The molecule has 1 atom stereocenters. The van der Waals surface area contributed by atoms with E-state index >= 15 is 0 Å². The van der Waals surface area contributed by atoms with E-state index in [2.05, 4.69) is 29.2 Å². The fourth-order valence-corrected chi connectivity index (χ4v) is 3.86. The van der Waals surface area contributed by atoms with Crippen LogP contribution in [0.1, 0.15) is 24.0 Å². The van der Waals surface area contributed by atoms with E-state index in [0.717, 1.165) is 38.1 Å². The van der Waals surface area contributed by atoms with Gasteiger partial charge in [0.2, 0.25) is 0 Å². The molecular formula is C21H23NO2. The van der Waals surface area contributed by atoms with Crippen LogP contribution in [0.3, 0.4) is 0 Å². The van der Waals surface area contributed by atoms with Gasteiger partial charge in [-0.05, 0) is 55.6 Å². The van der Waals surface area contributed by atoms with Crippen LogP contribution < -0.4 is 4.74 Å². The number of nitrogens with zero attached hydrogens (tertiary/aromatic N) is 1. The molecule has 0 spiro atoms. The van der Waals surface area contributed by atoms with Gasteiger partial charge in [-0.15, -0.1) is 0 Å². The van der Waals surface area contributed by atoms with E-state index in [4.69, 9.17) is 4.74 Å². The van der Waals surface area contributed by atoms with Gasteiger partial charge in [0.25, 0.3) is 0 Å². The summed E-state index contributed by atoms with van der Waals surface area (Å²) in [6.07, 6.45) is 2.94. The summed E-state index contributed by atoms with van der Waals surface area (Å²) in [4.78, 5) is 14.8. The molecule has 3 saturated heterocycles. The fourth-order valence-electron chi connectivity index (χ4n) is 3.86. The highest BCUT2D eigenvalue weighted by atomic mass is 16.5. The van der Waals surface area contributed by atoms with Crippen molar-refractivity contribution in [3.05, 3.63) is 65.7 Å². The van der Waals surface area contributed by atoms with Crippen LogP contribution in [0.2, 0.25) is 0 Å². The molecule has 3 fully saturated rings. The lowest BCUT2D eigenvalue weighted by molar-refractivity contribution is -0.136. The van der Waals surface area contributed by atoms with Gasteiger partial charge in [0.05, 0.1) is 6.04 Å². The number of ether oxygens (including phenoxy) is 1. The molecule has 3 nitrogen and oxygen atoms in total. The third kappa shape index (κ3) is 3.22. The maximum Gasteiger partial charge on any atom is 0.153 e. The molecule has 0 radical (unpaired) electrons. The number of ketones is 1. The molecule has 24 heavy (non-hydrogen) atoms. The van der Waals surface area contributed by atoms with Gasteiger partial charge in [-0.2, -0.15) is 0 Å². The van der Waals surface area contributed by atoms with Gasteiger partial charge < -0.3 is 4.74 Å². The van der Waals surface area contributed by atoms with Crippen LogP contribution in [0.15, 0.2) is 54.6 Å². The first-order chi connectivity index (χ1) is 11.8. The van der Waals surface area contributed by atoms with E-state index in [9.17, 15) is 4.79 Å². The smallest absolute Gasteiger partial charge is 0.153 e. The summed E-state index contributed by atoms with van der Waals surface area (Å²) < 4.78 is 5.83. The van der Waals surface area contributed by atoms with Gasteiger partial charge in [-0.25, -0.2) is 0 Å². The van der Waals surface area contributed by atoms with E-state index in [1.165, 1.54) is 11.1 Å². The summed E-state index contributed by atoms with van der Waals surface area (Å²) in [6, 6.07) is 18.5. The van der Waals surface area contributed by atoms with Crippen molar-refractivity contribution >= 4 is 5.78 Å². The van der Waals surface area contributed by atoms with Crippen LogP contribution in [-0.2, 0) is 17.8 Å². The van der Waals surface area contributed by atoms with E-state index in [0.29, 0.717) is 18.3 Å². The Bertz CT molecular complexity index is 688. The molecule has 124 valence electrons. The van der Waals surface area contributed by atoms with Gasteiger partial charge in [-0.1, -0.05) is 42.5 Å². The Morgan fingerprint density at radius 3 is 2.29 bits per heavy atom. The molecule has 0 saturated carbocycles. The number of fused-ring (bicyclic) bond motifs is 3. The lowest BCUT2D eigenvalue weighted by atomic mass is 9.80. The van der Waals surface area contributed by atoms with Crippen molar-refractivity contribution in [3.8, 4) is 5.75 Å². The van der Waals surface area contributed by atoms with Crippen LogP contribution in [0, 0.1) is 5.92 Å². The predicted octanol–water partition coefficient (Wildman–Crippen LogP) is 3.47. The van der Waals surface area contributed by atoms with Gasteiger partial charge in [0, 0.05) is 5.92 Å². The SMILES string of the molecule is O=C1C2CCN(CC2)[C@@H]1Cc1ccc(OCc2ccccc2)cc1. The minimum absolute atomic E-state index is 0.0913. The first kappa shape index (κ1) is 15.4. The lowest BCUT2D eigenvalue weighted by Crippen LogP contribution is -2.56. The molecule has 0 aliphatic carbocycles. The van der Waals surface area contributed by atoms with Crippen LogP contribution in [0.4, 0.5) is 0 Å². The molecule has 0 N–H and O–H groups in total. The highest BCUT2D eigenvalue weighted by Crippen LogP contribution is 2.30. The Labute approximate surface area is 143 Å². The van der Waals surface area contributed by atoms with Gasteiger partial charge in [0.1, 0.15) is 12.4 Å². The van der Waals surface area contributed by atoms with Crippen molar-refractivity contribution in [2.24, 2.45) is 5.92 Å². The molecule has 3 heterocycles. The zero-order chi connectivity index (χ0) is 16.4. The third-order valence-corrected chi connectivity index (χ3v) is 5.30. The Hall–Kier alpha value is -2.13. The van der Waals surface area contributed by atoms with E-state index in [-0.39, 0.29) is 6.04 Å². The fraction of sp³-hybridized carbons (Fsp3) is 0.381. The van der Waals surface area contributed by atoms with E-state index in [1.807, 2.05) is 30.3 Å². The topological polar surface area (TPSA) is 29.5 Å². The van der Waals surface area contributed by atoms with Crippen molar-refractivity contribution in [2.75, 3.05) is 13.1 Å². The molecule has 3 aliphatic heterocycles. The number of hydrogen-bond acceptors (Lipinski definition) is 3. The molecule has 0 amide bonds. The zero-order valence-corrected chi connectivity index (χ0v) is 13.9. The van der Waals surface area contributed by atoms with Gasteiger partial charge in [-0.3, -0.25) is 9.69 Å². The van der Waals surface area contributed by atoms with Crippen LogP contribution >= 0.6 is 0 Å². The summed E-state index contributed by atoms with van der Waals surface area (Å²) in [7, 11) is 0. The minimum Gasteiger partial charge on any atom is -0.489 e. The average Bonchev–Trinajstić information content (AvgIpc) is 2.65. The Morgan fingerprint density at radius 1 is 0.917 bits per heavy atom. The molecular weight excluding hydrogens is 298 g/mol. The maximum absolute atomic E-state index is 12.5. The molecule has 2 aromatic rings. The van der Waals surface area contributed by atoms with E-state index in [1.54, 1.807) is 0 Å². The molecule has 2 bridgehead atoms. The number of benzene rings is 2. The molecule has 5 rings (SSSR count). The van der Waals surface area contributed by atoms with Crippen LogP contribution in [-0.4, -0.2) is 29.8 Å². The zero-order valence-electron chi connectivity index (χ0n) is 13.9. The highest BCUT2D eigenvalue weighted by Gasteiger charge is 2.40. The van der Waals surface area contributed by atoms with Crippen LogP contribution in [0.5, 0.6) is 5.75 Å². The monoisotopic (exact) mass is 321 g/mol. The largest absolute Gasteiger partial charge is 0.489 e. The standard InChI is InChI=1S/C21H23NO2/c23-21-18-10-12-22(13-11-18)20(21)14-16-6-8-19(9-7-16)24-15-17-4-2-1-3-5-17/h1-9,18,20H,10-15H2/t20-/m1/s1. The van der Waals surface area contributed by atoms with Crippen molar-refractivity contribution in [3.63, 3.8) is 0 Å². The number of carbonyl (C=O) groups excluding carboxylic acids is 1. The summed E-state index contributed by atoms with van der Waals surface area (Å²) >= 11 is 0. The molecule has 0 unspecified atom stereocenters. The van der Waals surface area contributed by atoms with Crippen LogP contribution in [0.25, 0.3) is 0 Å². The summed E-state index contributed by atoms with van der Waals surface area (Å²) in [6.45, 7) is 2.75. The summed E-state index contributed by atoms with van der Waals surface area (Å²) in [5.74, 6) is 1.64. The highest BCUT2D eigenvalue weighted by molar-refractivity contribution is 5.88. The second-order valence-corrected chi connectivity index (χ2v) is 6.85. The number of hydrogen-bond donors (Lipinski definition) is 0. The predicted molar refractivity (Wildman–Crippen MR) is 94.0 cm³/mol. The van der Waals surface area contributed by atoms with Crippen molar-refractivity contribution in [1.82, 2.24) is 4.90 Å². The van der Waals surface area contributed by atoms with Gasteiger partial charge >= 0.3 is 0 Å². The van der Waals surface area contributed by atoms with Crippen molar-refractivity contribution in [2.45, 2.75) is 31.9 Å². The third-order valence-electron chi connectivity index (χ3n) is 5.30. The lowest BCUT2D eigenvalue weighted by Gasteiger charge is -2.44. The normalized spacial score (nSPS) is 25.7. The molecule has 3 heteroatoms. The molecule has 3 aliphatic rings. The quantitative estimate of drug-likeness (QED) is 0.844. The van der Waals surface area contributed by atoms with Crippen molar-refractivity contribution < 1.29 is 9.53 Å². The molecule has 0 aromatic heterocycles. The number of Topliss-reactive ketones (excluding diaryl/α,β-unsaturated/α-hetero) is 1. The number of rotatable bonds is 5. The Balaban J connectivity index is 1.36. The first-order valence-electron chi connectivity index (χ1n) is 8.83. The maximum atomic E-state index is 12.5. The Morgan fingerprint density at radius 2 is 1.62 bits per heavy atom. The first-order valence-corrected chi connectivity index (χ1v) is 8.83. The molecule has 2 aromatic carbocycles. The number of carbonyl (C=O) groups is 1.